The van der Waals surface area contributed by atoms with Gasteiger partial charge in [-0.15, -0.1) is 6.42 Å². The van der Waals surface area contributed by atoms with E-state index < -0.39 is 6.10 Å². The Kier molecular flexibility index (Phi) is 9.08. The first-order valence-corrected chi connectivity index (χ1v) is 11.3. The number of terminal acetylenes is 1. The molecule has 0 aliphatic carbocycles. The average Bonchev–Trinajstić information content (AvgIpc) is 3.11. The van der Waals surface area contributed by atoms with Crippen LogP contribution in [0.5, 0.6) is 11.6 Å². The molecule has 0 aliphatic heterocycles. The van der Waals surface area contributed by atoms with Crippen LogP contribution in [0.4, 0.5) is 0 Å². The number of benzene rings is 2. The largest absolute Gasteiger partial charge is 0.439 e. The lowest BCUT2D eigenvalue weighted by Crippen LogP contribution is -2.35. The van der Waals surface area contributed by atoms with Crippen LogP contribution in [0.15, 0.2) is 54.6 Å². The molecule has 0 saturated heterocycles. The summed E-state index contributed by atoms with van der Waals surface area (Å²) in [6.45, 7) is 8.46. The zero-order chi connectivity index (χ0) is 23.6. The second-order valence-electron chi connectivity index (χ2n) is 8.14. The minimum Gasteiger partial charge on any atom is -0.439 e. The fourth-order valence-corrected chi connectivity index (χ4v) is 3.67. The van der Waals surface area contributed by atoms with Crippen LogP contribution in [0.25, 0.3) is 5.69 Å². The fourth-order valence-electron chi connectivity index (χ4n) is 3.67. The minimum atomic E-state index is -0.629. The lowest BCUT2D eigenvalue weighted by molar-refractivity contribution is 0.0259. The minimum absolute atomic E-state index is 0.197. The zero-order valence-electron chi connectivity index (χ0n) is 19.7. The SMILES string of the molecule is C#CCOC[C@H](O)CN(CCC)Cc1c(C)nn(-c2ccccc2)c1Oc1ccc(C)cc1. The van der Waals surface area contributed by atoms with E-state index in [1.807, 2.05) is 66.2 Å². The first-order valence-electron chi connectivity index (χ1n) is 11.3. The highest BCUT2D eigenvalue weighted by Gasteiger charge is 2.22. The van der Waals surface area contributed by atoms with Crippen LogP contribution in [0.1, 0.15) is 30.2 Å². The molecule has 1 heterocycles. The monoisotopic (exact) mass is 447 g/mol. The standard InChI is InChI=1S/C27H33N3O3/c1-5-16-29(18-24(31)20-32-17-6-2)19-26-22(4)28-30(23-10-8-7-9-11-23)27(26)33-25-14-12-21(3)13-15-25/h2,7-15,24,31H,5,16-20H2,1,3-4H3/t24-/m1/s1. The highest BCUT2D eigenvalue weighted by atomic mass is 16.5. The summed E-state index contributed by atoms with van der Waals surface area (Å²) < 4.78 is 13.6. The van der Waals surface area contributed by atoms with Crippen molar-refractivity contribution in [2.24, 2.45) is 0 Å². The Morgan fingerprint density at radius 1 is 1.12 bits per heavy atom. The van der Waals surface area contributed by atoms with Gasteiger partial charge in [0.2, 0.25) is 5.88 Å². The molecular weight excluding hydrogens is 414 g/mol. The quantitative estimate of drug-likeness (QED) is 0.327. The van der Waals surface area contributed by atoms with Gasteiger partial charge in [0.15, 0.2) is 0 Å². The van der Waals surface area contributed by atoms with Crippen LogP contribution >= 0.6 is 0 Å². The molecule has 0 amide bonds. The molecule has 6 heteroatoms. The Balaban J connectivity index is 1.91. The molecule has 6 nitrogen and oxygen atoms in total. The van der Waals surface area contributed by atoms with Crippen molar-refractivity contribution >= 4 is 0 Å². The third kappa shape index (κ3) is 6.93. The maximum absolute atomic E-state index is 10.4. The lowest BCUT2D eigenvalue weighted by atomic mass is 10.2. The van der Waals surface area contributed by atoms with E-state index >= 15 is 0 Å². The molecule has 1 atom stereocenters. The zero-order valence-corrected chi connectivity index (χ0v) is 19.7. The topological polar surface area (TPSA) is 59.8 Å². The first kappa shape index (κ1) is 24.5. The molecule has 1 aromatic heterocycles. The number of hydrogen-bond acceptors (Lipinski definition) is 5. The molecule has 0 radical (unpaired) electrons. The Hall–Kier alpha value is -3.11. The molecule has 2 aromatic carbocycles. The number of aliphatic hydroxyl groups excluding tert-OH is 1. The smallest absolute Gasteiger partial charge is 0.227 e. The van der Waals surface area contributed by atoms with Gasteiger partial charge in [0.25, 0.3) is 0 Å². The Bertz CT molecular complexity index is 1040. The summed E-state index contributed by atoms with van der Waals surface area (Å²) in [5.74, 6) is 3.86. The molecule has 3 aromatic rings. The van der Waals surface area contributed by atoms with Crippen molar-refractivity contribution < 1.29 is 14.6 Å². The number of aryl methyl sites for hydroxylation is 2. The highest BCUT2D eigenvalue weighted by molar-refractivity contribution is 5.43. The van der Waals surface area contributed by atoms with E-state index in [0.717, 1.165) is 35.7 Å². The maximum atomic E-state index is 10.4. The molecule has 3 rings (SSSR count). The van der Waals surface area contributed by atoms with Crippen molar-refractivity contribution in [2.45, 2.75) is 39.8 Å². The van der Waals surface area contributed by atoms with Gasteiger partial charge in [-0.25, -0.2) is 4.68 Å². The Morgan fingerprint density at radius 2 is 1.85 bits per heavy atom. The molecule has 33 heavy (non-hydrogen) atoms. The van der Waals surface area contributed by atoms with Gasteiger partial charge in [-0.05, 0) is 51.1 Å². The third-order valence-electron chi connectivity index (χ3n) is 5.26. The van der Waals surface area contributed by atoms with Crippen LogP contribution in [0.3, 0.4) is 0 Å². The Labute approximate surface area is 196 Å². The van der Waals surface area contributed by atoms with Crippen LogP contribution < -0.4 is 4.74 Å². The van der Waals surface area contributed by atoms with E-state index in [1.165, 1.54) is 5.56 Å². The van der Waals surface area contributed by atoms with Crippen LogP contribution in [0, 0.1) is 26.2 Å². The van der Waals surface area contributed by atoms with Gasteiger partial charge < -0.3 is 14.6 Å². The molecule has 0 bridgehead atoms. The van der Waals surface area contributed by atoms with Crippen molar-refractivity contribution in [3.05, 3.63) is 71.4 Å². The Morgan fingerprint density at radius 3 is 2.52 bits per heavy atom. The molecule has 1 N–H and O–H groups in total. The number of nitrogens with zero attached hydrogens (tertiary/aromatic N) is 3. The van der Waals surface area contributed by atoms with E-state index in [0.29, 0.717) is 19.0 Å². The van der Waals surface area contributed by atoms with E-state index in [2.05, 4.69) is 24.7 Å². The highest BCUT2D eigenvalue weighted by Crippen LogP contribution is 2.31. The molecule has 174 valence electrons. The predicted octanol–water partition coefficient (Wildman–Crippen LogP) is 4.50. The summed E-state index contributed by atoms with van der Waals surface area (Å²) in [6, 6.07) is 18.0. The summed E-state index contributed by atoms with van der Waals surface area (Å²) in [6.07, 6.45) is 5.56. The van der Waals surface area contributed by atoms with Crippen molar-refractivity contribution in [2.75, 3.05) is 26.3 Å². The van der Waals surface area contributed by atoms with Gasteiger partial charge in [0.1, 0.15) is 12.4 Å². The van der Waals surface area contributed by atoms with E-state index in [-0.39, 0.29) is 13.2 Å². The summed E-state index contributed by atoms with van der Waals surface area (Å²) in [5, 5.41) is 15.2. The van der Waals surface area contributed by atoms with Crippen molar-refractivity contribution in [3.8, 4) is 29.7 Å². The number of hydrogen-bond donors (Lipinski definition) is 1. The fraction of sp³-hybridized carbons (Fsp3) is 0.370. The normalized spacial score (nSPS) is 12.0. The first-order chi connectivity index (χ1) is 16.0. The number of rotatable bonds is 12. The second-order valence-corrected chi connectivity index (χ2v) is 8.14. The number of para-hydroxylation sites is 1. The maximum Gasteiger partial charge on any atom is 0.227 e. The summed E-state index contributed by atoms with van der Waals surface area (Å²) >= 11 is 0. The number of ether oxygens (including phenoxy) is 2. The van der Waals surface area contributed by atoms with Crippen LogP contribution in [-0.4, -0.2) is 52.2 Å². The van der Waals surface area contributed by atoms with Crippen molar-refractivity contribution in [1.82, 2.24) is 14.7 Å². The van der Waals surface area contributed by atoms with Gasteiger partial charge in [0.05, 0.1) is 29.7 Å². The van der Waals surface area contributed by atoms with Gasteiger partial charge >= 0.3 is 0 Å². The van der Waals surface area contributed by atoms with Crippen molar-refractivity contribution in [3.63, 3.8) is 0 Å². The average molecular weight is 448 g/mol. The molecule has 0 fully saturated rings. The van der Waals surface area contributed by atoms with E-state index in [4.69, 9.17) is 21.0 Å². The molecule has 0 saturated carbocycles. The van der Waals surface area contributed by atoms with Gasteiger partial charge in [0, 0.05) is 13.1 Å². The number of aromatic nitrogens is 2. The molecular formula is C27H33N3O3. The second kappa shape index (κ2) is 12.2. The lowest BCUT2D eigenvalue weighted by Gasteiger charge is -2.25. The van der Waals surface area contributed by atoms with E-state index in [9.17, 15) is 5.11 Å². The van der Waals surface area contributed by atoms with Gasteiger partial charge in [-0.1, -0.05) is 48.7 Å². The van der Waals surface area contributed by atoms with Crippen LogP contribution in [-0.2, 0) is 11.3 Å². The molecule has 0 aliphatic rings. The number of aliphatic hydroxyl groups is 1. The summed E-state index contributed by atoms with van der Waals surface area (Å²) in [5.41, 5.74) is 3.98. The van der Waals surface area contributed by atoms with Crippen LogP contribution in [0.2, 0.25) is 0 Å². The van der Waals surface area contributed by atoms with Crippen molar-refractivity contribution in [1.29, 1.82) is 0 Å². The molecule has 0 unspecified atom stereocenters. The van der Waals surface area contributed by atoms with Gasteiger partial charge in [-0.3, -0.25) is 4.90 Å². The molecule has 0 spiro atoms. The van der Waals surface area contributed by atoms with Gasteiger partial charge in [-0.2, -0.15) is 5.10 Å². The summed E-state index contributed by atoms with van der Waals surface area (Å²) in [4.78, 5) is 2.20. The summed E-state index contributed by atoms with van der Waals surface area (Å²) in [7, 11) is 0. The third-order valence-corrected chi connectivity index (χ3v) is 5.26. The van der Waals surface area contributed by atoms with E-state index in [1.54, 1.807) is 0 Å². The predicted molar refractivity (Wildman–Crippen MR) is 131 cm³/mol.